The summed E-state index contributed by atoms with van der Waals surface area (Å²) >= 11 is 5.18. The van der Waals surface area contributed by atoms with Gasteiger partial charge in [-0.1, -0.05) is 24.2 Å². The molecule has 0 radical (unpaired) electrons. The van der Waals surface area contributed by atoms with Crippen LogP contribution in [0.3, 0.4) is 0 Å². The first-order chi connectivity index (χ1) is 6.36. The molecule has 0 amide bonds. The number of aromatic nitrogens is 1. The molecule has 1 aliphatic heterocycles. The Bertz CT molecular complexity index is 266. The van der Waals surface area contributed by atoms with Crippen LogP contribution in [0.25, 0.3) is 0 Å². The summed E-state index contributed by atoms with van der Waals surface area (Å²) < 4.78 is 1.13. The van der Waals surface area contributed by atoms with Gasteiger partial charge in [0.2, 0.25) is 0 Å². The van der Waals surface area contributed by atoms with Crippen LogP contribution in [-0.4, -0.2) is 18.1 Å². The van der Waals surface area contributed by atoms with E-state index in [1.165, 1.54) is 43.9 Å². The van der Waals surface area contributed by atoms with Crippen LogP contribution in [-0.2, 0) is 0 Å². The summed E-state index contributed by atoms with van der Waals surface area (Å²) in [5.74, 6) is 0. The highest BCUT2D eigenvalue weighted by Gasteiger charge is 2.12. The maximum atomic E-state index is 4.38. The Kier molecular flexibility index (Phi) is 3.22. The molecule has 0 saturated carbocycles. The van der Waals surface area contributed by atoms with E-state index in [0.29, 0.717) is 0 Å². The van der Waals surface area contributed by atoms with Crippen molar-refractivity contribution in [1.82, 2.24) is 4.98 Å². The SMILES string of the molecule is Brc1cnc(N2CCCCCC2)s1. The number of rotatable bonds is 1. The maximum absolute atomic E-state index is 4.38. The van der Waals surface area contributed by atoms with Crippen LogP contribution >= 0.6 is 27.3 Å². The van der Waals surface area contributed by atoms with Crippen LogP contribution in [0.4, 0.5) is 5.13 Å². The van der Waals surface area contributed by atoms with Crippen LogP contribution in [0.5, 0.6) is 0 Å². The zero-order valence-corrected chi connectivity index (χ0v) is 9.90. The number of halogens is 1. The van der Waals surface area contributed by atoms with Crippen molar-refractivity contribution < 1.29 is 0 Å². The Morgan fingerprint density at radius 1 is 1.23 bits per heavy atom. The van der Waals surface area contributed by atoms with Gasteiger partial charge in [0.15, 0.2) is 5.13 Å². The van der Waals surface area contributed by atoms with E-state index in [-0.39, 0.29) is 0 Å². The average molecular weight is 261 g/mol. The van der Waals surface area contributed by atoms with Crippen molar-refractivity contribution in [1.29, 1.82) is 0 Å². The van der Waals surface area contributed by atoms with Crippen LogP contribution in [0.1, 0.15) is 25.7 Å². The summed E-state index contributed by atoms with van der Waals surface area (Å²) in [7, 11) is 0. The second kappa shape index (κ2) is 4.42. The molecule has 0 unspecified atom stereocenters. The van der Waals surface area contributed by atoms with Gasteiger partial charge in [0.1, 0.15) is 0 Å². The molecule has 13 heavy (non-hydrogen) atoms. The Morgan fingerprint density at radius 3 is 2.46 bits per heavy atom. The lowest BCUT2D eigenvalue weighted by Gasteiger charge is -2.18. The van der Waals surface area contributed by atoms with Gasteiger partial charge in [-0.2, -0.15) is 0 Å². The quantitative estimate of drug-likeness (QED) is 0.771. The Hall–Kier alpha value is -0.0900. The molecule has 1 aromatic heterocycles. The van der Waals surface area contributed by atoms with Gasteiger partial charge in [-0.15, -0.1) is 0 Å². The molecular weight excluding hydrogens is 248 g/mol. The summed E-state index contributed by atoms with van der Waals surface area (Å²) in [6.45, 7) is 2.36. The average Bonchev–Trinajstić information content (AvgIpc) is 2.43. The third kappa shape index (κ3) is 2.44. The van der Waals surface area contributed by atoms with Gasteiger partial charge in [-0.3, -0.25) is 0 Å². The van der Waals surface area contributed by atoms with Gasteiger partial charge in [0.25, 0.3) is 0 Å². The predicted octanol–water partition coefficient (Wildman–Crippen LogP) is 3.29. The number of hydrogen-bond donors (Lipinski definition) is 0. The molecule has 1 fully saturated rings. The van der Waals surface area contributed by atoms with Crippen molar-refractivity contribution >= 4 is 32.4 Å². The first-order valence-corrected chi connectivity index (χ1v) is 6.33. The highest BCUT2D eigenvalue weighted by atomic mass is 79.9. The van der Waals surface area contributed by atoms with E-state index in [1.807, 2.05) is 6.20 Å². The van der Waals surface area contributed by atoms with Gasteiger partial charge in [0.05, 0.1) is 9.98 Å². The molecule has 2 rings (SSSR count). The third-order valence-corrected chi connectivity index (χ3v) is 3.88. The Labute approximate surface area is 91.1 Å². The lowest BCUT2D eigenvalue weighted by Crippen LogP contribution is -2.23. The molecule has 0 atom stereocenters. The molecule has 2 heterocycles. The lowest BCUT2D eigenvalue weighted by molar-refractivity contribution is 0.726. The summed E-state index contributed by atoms with van der Waals surface area (Å²) in [5, 5.41) is 1.17. The molecule has 0 spiro atoms. The van der Waals surface area contributed by atoms with Gasteiger partial charge < -0.3 is 4.90 Å². The third-order valence-electron chi connectivity index (χ3n) is 2.34. The van der Waals surface area contributed by atoms with Gasteiger partial charge in [-0.05, 0) is 28.8 Å². The monoisotopic (exact) mass is 260 g/mol. The summed E-state index contributed by atoms with van der Waals surface area (Å²) in [4.78, 5) is 6.78. The molecule has 1 aromatic rings. The fraction of sp³-hybridized carbons (Fsp3) is 0.667. The van der Waals surface area contributed by atoms with Crippen LogP contribution in [0, 0.1) is 0 Å². The second-order valence-electron chi connectivity index (χ2n) is 3.35. The summed E-state index contributed by atoms with van der Waals surface area (Å²) in [6.07, 6.45) is 7.28. The van der Waals surface area contributed by atoms with Gasteiger partial charge in [-0.25, -0.2) is 4.98 Å². The standard InChI is InChI=1S/C9H13BrN2S/c10-8-7-11-9(13-8)12-5-3-1-2-4-6-12/h7H,1-6H2. The normalized spacial score (nSPS) is 18.7. The van der Waals surface area contributed by atoms with E-state index in [9.17, 15) is 0 Å². The van der Waals surface area contributed by atoms with E-state index in [1.54, 1.807) is 11.3 Å². The van der Waals surface area contributed by atoms with Crippen LogP contribution < -0.4 is 4.90 Å². The van der Waals surface area contributed by atoms with E-state index >= 15 is 0 Å². The fourth-order valence-corrected chi connectivity index (χ4v) is 2.89. The van der Waals surface area contributed by atoms with Crippen molar-refractivity contribution in [3.8, 4) is 0 Å². The molecule has 0 aliphatic carbocycles. The Balaban J connectivity index is 2.06. The smallest absolute Gasteiger partial charge is 0.186 e. The predicted molar refractivity (Wildman–Crippen MR) is 60.5 cm³/mol. The first kappa shape index (κ1) is 9.46. The molecule has 0 bridgehead atoms. The molecule has 1 saturated heterocycles. The molecule has 0 N–H and O–H groups in total. The molecule has 0 aromatic carbocycles. The molecule has 4 heteroatoms. The number of nitrogens with zero attached hydrogens (tertiary/aromatic N) is 2. The maximum Gasteiger partial charge on any atom is 0.186 e. The molecular formula is C9H13BrN2S. The minimum atomic E-state index is 1.13. The minimum Gasteiger partial charge on any atom is -0.348 e. The van der Waals surface area contributed by atoms with E-state index < -0.39 is 0 Å². The van der Waals surface area contributed by atoms with Crippen molar-refractivity contribution in [2.75, 3.05) is 18.0 Å². The van der Waals surface area contributed by atoms with E-state index in [4.69, 9.17) is 0 Å². The number of thiazole rings is 1. The summed E-state index contributed by atoms with van der Waals surface area (Å²) in [5.41, 5.74) is 0. The number of hydrogen-bond acceptors (Lipinski definition) is 3. The van der Waals surface area contributed by atoms with Crippen molar-refractivity contribution in [2.24, 2.45) is 0 Å². The largest absolute Gasteiger partial charge is 0.348 e. The minimum absolute atomic E-state index is 1.13. The highest BCUT2D eigenvalue weighted by molar-refractivity contribution is 9.11. The van der Waals surface area contributed by atoms with Gasteiger partial charge in [0, 0.05) is 13.1 Å². The van der Waals surface area contributed by atoms with Crippen molar-refractivity contribution in [3.05, 3.63) is 9.98 Å². The highest BCUT2D eigenvalue weighted by Crippen LogP contribution is 2.28. The molecule has 1 aliphatic rings. The van der Waals surface area contributed by atoms with E-state index in [2.05, 4.69) is 25.8 Å². The first-order valence-electron chi connectivity index (χ1n) is 4.72. The Morgan fingerprint density at radius 2 is 1.92 bits per heavy atom. The second-order valence-corrected chi connectivity index (χ2v) is 5.74. The molecule has 2 nitrogen and oxygen atoms in total. The summed E-state index contributed by atoms with van der Waals surface area (Å²) in [6, 6.07) is 0. The van der Waals surface area contributed by atoms with Crippen molar-refractivity contribution in [2.45, 2.75) is 25.7 Å². The van der Waals surface area contributed by atoms with Crippen LogP contribution in [0.15, 0.2) is 9.98 Å². The van der Waals surface area contributed by atoms with E-state index in [0.717, 1.165) is 3.79 Å². The zero-order valence-electron chi connectivity index (χ0n) is 7.50. The van der Waals surface area contributed by atoms with Crippen LogP contribution in [0.2, 0.25) is 0 Å². The van der Waals surface area contributed by atoms with Gasteiger partial charge >= 0.3 is 0 Å². The zero-order chi connectivity index (χ0) is 9.10. The topological polar surface area (TPSA) is 16.1 Å². The molecule has 72 valence electrons. The number of anilines is 1. The van der Waals surface area contributed by atoms with Crippen molar-refractivity contribution in [3.63, 3.8) is 0 Å². The lowest BCUT2D eigenvalue weighted by atomic mass is 10.2. The fourth-order valence-electron chi connectivity index (χ4n) is 1.65.